The van der Waals surface area contributed by atoms with Crippen molar-refractivity contribution in [2.24, 2.45) is 0 Å². The second-order valence-electron chi connectivity index (χ2n) is 8.95. The van der Waals surface area contributed by atoms with Gasteiger partial charge in [-0.25, -0.2) is 0 Å². The van der Waals surface area contributed by atoms with E-state index in [0.717, 1.165) is 11.1 Å². The molecule has 0 unspecified atom stereocenters. The summed E-state index contributed by atoms with van der Waals surface area (Å²) in [7, 11) is 0. The molecule has 0 radical (unpaired) electrons. The van der Waals surface area contributed by atoms with Crippen molar-refractivity contribution in [3.63, 3.8) is 0 Å². The number of para-hydroxylation sites is 1. The summed E-state index contributed by atoms with van der Waals surface area (Å²) in [5.41, 5.74) is 1.11. The number of hydrogen-bond acceptors (Lipinski definition) is 7. The van der Waals surface area contributed by atoms with Crippen molar-refractivity contribution in [1.29, 1.82) is 0 Å². The number of nitrogens with zero attached hydrogens (tertiary/aromatic N) is 2. The summed E-state index contributed by atoms with van der Waals surface area (Å²) in [5.74, 6) is -2.07. The summed E-state index contributed by atoms with van der Waals surface area (Å²) in [6, 6.07) is 16.9. The summed E-state index contributed by atoms with van der Waals surface area (Å²) in [6.07, 6.45) is 0. The van der Waals surface area contributed by atoms with E-state index in [-0.39, 0.29) is 24.5 Å². The molecular formula is C26H30N4O5. The number of hydrogen-bond donors (Lipinski definition) is 3. The number of aromatic nitrogens is 2. The number of carbonyl (C=O) groups is 2. The largest absolute Gasteiger partial charge is 0.494 e. The Balaban J connectivity index is 2.00. The minimum Gasteiger partial charge on any atom is -0.494 e. The third kappa shape index (κ3) is 6.47. The molecule has 184 valence electrons. The van der Waals surface area contributed by atoms with E-state index in [1.165, 1.54) is 4.57 Å². The molecule has 0 fully saturated rings. The van der Waals surface area contributed by atoms with E-state index < -0.39 is 35.4 Å². The highest BCUT2D eigenvalue weighted by molar-refractivity contribution is 5.97. The minimum atomic E-state index is -0.929. The number of benzene rings is 2. The van der Waals surface area contributed by atoms with E-state index >= 15 is 0 Å². The molecule has 9 heteroatoms. The number of amides is 1. The maximum atomic E-state index is 12.7. The topological polar surface area (TPSA) is 123 Å². The minimum absolute atomic E-state index is 0.0240. The lowest BCUT2D eigenvalue weighted by atomic mass is 9.87. The number of ether oxygens (including phenoxy) is 1. The van der Waals surface area contributed by atoms with Crippen molar-refractivity contribution in [3.8, 4) is 5.88 Å². The quantitative estimate of drug-likeness (QED) is 0.425. The summed E-state index contributed by atoms with van der Waals surface area (Å²) >= 11 is 0. The smallest absolute Gasteiger partial charge is 0.325 e. The average Bonchev–Trinajstić information content (AvgIpc) is 2.81. The fourth-order valence-corrected chi connectivity index (χ4v) is 3.38. The van der Waals surface area contributed by atoms with Gasteiger partial charge in [-0.1, -0.05) is 63.2 Å². The Labute approximate surface area is 203 Å². The predicted molar refractivity (Wildman–Crippen MR) is 133 cm³/mol. The molecule has 0 saturated heterocycles. The molecule has 3 aromatic rings. The Hall–Kier alpha value is -4.14. The highest BCUT2D eigenvalue weighted by atomic mass is 16.5. The second-order valence-corrected chi connectivity index (χ2v) is 8.95. The Bertz CT molecular complexity index is 1250. The maximum Gasteiger partial charge on any atom is 0.325 e. The number of aromatic hydroxyl groups is 1. The molecule has 0 bridgehead atoms. The number of rotatable bonds is 8. The van der Waals surface area contributed by atoms with Crippen LogP contribution in [0.2, 0.25) is 0 Å². The second kappa shape index (κ2) is 10.9. The summed E-state index contributed by atoms with van der Waals surface area (Å²) in [4.78, 5) is 41.0. The first kappa shape index (κ1) is 25.5. The van der Waals surface area contributed by atoms with Crippen molar-refractivity contribution in [1.82, 2.24) is 14.9 Å². The van der Waals surface area contributed by atoms with Crippen LogP contribution < -0.4 is 16.2 Å². The van der Waals surface area contributed by atoms with Crippen LogP contribution in [-0.2, 0) is 21.5 Å². The molecule has 2 aromatic carbocycles. The zero-order chi connectivity index (χ0) is 25.6. The van der Waals surface area contributed by atoms with Gasteiger partial charge in [0.2, 0.25) is 11.8 Å². The van der Waals surface area contributed by atoms with Crippen LogP contribution in [0.1, 0.15) is 49.2 Å². The molecule has 35 heavy (non-hydrogen) atoms. The number of esters is 1. The molecule has 1 aromatic heterocycles. The van der Waals surface area contributed by atoms with Crippen LogP contribution in [0.3, 0.4) is 0 Å². The first-order valence-corrected chi connectivity index (χ1v) is 11.3. The molecule has 0 spiro atoms. The van der Waals surface area contributed by atoms with Crippen LogP contribution in [0.15, 0.2) is 59.4 Å². The molecule has 0 saturated carbocycles. The Morgan fingerprint density at radius 2 is 1.71 bits per heavy atom. The van der Waals surface area contributed by atoms with Crippen LogP contribution in [0.5, 0.6) is 5.88 Å². The van der Waals surface area contributed by atoms with Crippen molar-refractivity contribution in [2.75, 3.05) is 18.5 Å². The Morgan fingerprint density at radius 1 is 1.06 bits per heavy atom. The van der Waals surface area contributed by atoms with E-state index in [1.54, 1.807) is 19.1 Å². The monoisotopic (exact) mass is 478 g/mol. The van der Waals surface area contributed by atoms with E-state index in [4.69, 9.17) is 4.74 Å². The molecule has 3 rings (SSSR count). The van der Waals surface area contributed by atoms with Crippen LogP contribution >= 0.6 is 0 Å². The molecule has 0 atom stereocenters. The Morgan fingerprint density at radius 3 is 2.31 bits per heavy atom. The molecule has 3 N–H and O–H groups in total. The SMILES string of the molecule is CCOC(=O)CNC(=O)c1c(O)n(Cc2ccc(C(C)(C)C)cc2)c(Nc2ccccc2)nc1=O. The number of anilines is 2. The van der Waals surface area contributed by atoms with Gasteiger partial charge in [-0.3, -0.25) is 19.0 Å². The summed E-state index contributed by atoms with van der Waals surface area (Å²) < 4.78 is 6.13. The first-order chi connectivity index (χ1) is 16.6. The van der Waals surface area contributed by atoms with Crippen molar-refractivity contribution >= 4 is 23.5 Å². The van der Waals surface area contributed by atoms with Gasteiger partial charge in [-0.05, 0) is 35.6 Å². The third-order valence-corrected chi connectivity index (χ3v) is 5.27. The lowest BCUT2D eigenvalue weighted by Crippen LogP contribution is -2.35. The van der Waals surface area contributed by atoms with E-state index in [0.29, 0.717) is 5.69 Å². The first-order valence-electron chi connectivity index (χ1n) is 11.3. The van der Waals surface area contributed by atoms with E-state index in [2.05, 4.69) is 36.4 Å². The van der Waals surface area contributed by atoms with Crippen molar-refractivity contribution < 1.29 is 19.4 Å². The molecular weight excluding hydrogens is 448 g/mol. The van der Waals surface area contributed by atoms with Gasteiger partial charge in [0.15, 0.2) is 5.56 Å². The van der Waals surface area contributed by atoms with Crippen LogP contribution in [0.4, 0.5) is 11.6 Å². The molecule has 1 heterocycles. The fourth-order valence-electron chi connectivity index (χ4n) is 3.38. The van der Waals surface area contributed by atoms with Gasteiger partial charge in [0, 0.05) is 5.69 Å². The van der Waals surface area contributed by atoms with Gasteiger partial charge in [-0.2, -0.15) is 4.98 Å². The van der Waals surface area contributed by atoms with Gasteiger partial charge in [0.25, 0.3) is 11.5 Å². The average molecular weight is 479 g/mol. The standard InChI is InChI=1S/C26H30N4O5/c1-5-35-20(31)15-27-22(32)21-23(33)29-25(28-19-9-7-6-8-10-19)30(24(21)34)16-17-11-13-18(14-12-17)26(2,3)4/h6-14,34H,5,15-16H2,1-4H3,(H,27,32)(H,28,29,33). The van der Waals surface area contributed by atoms with Crippen LogP contribution in [0, 0.1) is 0 Å². The van der Waals surface area contributed by atoms with Gasteiger partial charge in [0.1, 0.15) is 6.54 Å². The highest BCUT2D eigenvalue weighted by Gasteiger charge is 2.24. The Kier molecular flexibility index (Phi) is 7.91. The highest BCUT2D eigenvalue weighted by Crippen LogP contribution is 2.25. The molecule has 9 nitrogen and oxygen atoms in total. The van der Waals surface area contributed by atoms with Crippen LogP contribution in [-0.4, -0.2) is 39.7 Å². The summed E-state index contributed by atoms with van der Waals surface area (Å²) in [5, 5.41) is 16.4. The lowest BCUT2D eigenvalue weighted by molar-refractivity contribution is -0.141. The molecule has 0 aliphatic carbocycles. The van der Waals surface area contributed by atoms with E-state index in [1.807, 2.05) is 42.5 Å². The molecule has 0 aliphatic heterocycles. The van der Waals surface area contributed by atoms with Crippen molar-refractivity contribution in [3.05, 3.63) is 81.6 Å². The van der Waals surface area contributed by atoms with Crippen LogP contribution in [0.25, 0.3) is 0 Å². The molecule has 1 amide bonds. The zero-order valence-corrected chi connectivity index (χ0v) is 20.3. The fraction of sp³-hybridized carbons (Fsp3) is 0.308. The summed E-state index contributed by atoms with van der Waals surface area (Å²) in [6.45, 7) is 7.83. The van der Waals surface area contributed by atoms with Crippen molar-refractivity contribution in [2.45, 2.75) is 39.7 Å². The van der Waals surface area contributed by atoms with Gasteiger partial charge < -0.3 is 20.5 Å². The van der Waals surface area contributed by atoms with Gasteiger partial charge in [-0.15, -0.1) is 0 Å². The maximum absolute atomic E-state index is 12.7. The molecule has 0 aliphatic rings. The van der Waals surface area contributed by atoms with E-state index in [9.17, 15) is 19.5 Å². The normalized spacial score (nSPS) is 11.1. The zero-order valence-electron chi connectivity index (χ0n) is 20.3. The predicted octanol–water partition coefficient (Wildman–Crippen LogP) is 3.33. The third-order valence-electron chi connectivity index (χ3n) is 5.27. The number of carbonyl (C=O) groups excluding carboxylic acids is 2. The lowest BCUT2D eigenvalue weighted by Gasteiger charge is -2.20. The van der Waals surface area contributed by atoms with Gasteiger partial charge >= 0.3 is 5.97 Å². The number of nitrogens with one attached hydrogen (secondary N) is 2. The van der Waals surface area contributed by atoms with Gasteiger partial charge in [0.05, 0.1) is 13.2 Å².